The summed E-state index contributed by atoms with van der Waals surface area (Å²) in [5, 5.41) is 0. The monoisotopic (exact) mass is 522 g/mol. The molecule has 0 aliphatic carbocycles. The van der Waals surface area contributed by atoms with Crippen molar-refractivity contribution in [3.63, 3.8) is 0 Å². The summed E-state index contributed by atoms with van der Waals surface area (Å²) in [4.78, 5) is 1.40. The third-order valence-corrected chi connectivity index (χ3v) is 10.6. The van der Waals surface area contributed by atoms with Crippen LogP contribution < -0.4 is 0 Å². The zero-order valence-corrected chi connectivity index (χ0v) is 22.1. The summed E-state index contributed by atoms with van der Waals surface area (Å²) in [5.41, 5.74) is 0. The average molecular weight is 524 g/mol. The Morgan fingerprint density at radius 2 is 0.750 bits per heavy atom. The molecule has 0 amide bonds. The normalized spacial score (nSPS) is 23.1. The topological polar surface area (TPSA) is 0 Å². The summed E-state index contributed by atoms with van der Waals surface area (Å²) in [7, 11) is 4.89. The maximum absolute atomic E-state index is 3.98. The quantitative estimate of drug-likeness (QED) is 0.0896. The standard InChI is InChI=1S/C24H48Br2N2/c1-27(19-13-14-20-27)23(25)17-11-9-7-5-3-4-6-8-10-12-18-24(26)28(2)21-15-16-22-28/h23-24H,3-22H2,1-2H3/q+2. The molecule has 2 aliphatic rings. The Morgan fingerprint density at radius 1 is 0.500 bits per heavy atom. The van der Waals surface area contributed by atoms with E-state index in [9.17, 15) is 0 Å². The molecule has 0 N–H and O–H groups in total. The molecule has 2 fully saturated rings. The Kier molecular flexibility index (Phi) is 12.0. The lowest BCUT2D eigenvalue weighted by molar-refractivity contribution is -0.906. The molecular weight excluding hydrogens is 476 g/mol. The van der Waals surface area contributed by atoms with Gasteiger partial charge in [-0.05, 0) is 44.7 Å². The number of rotatable bonds is 15. The maximum atomic E-state index is 3.98. The molecule has 166 valence electrons. The molecule has 0 aromatic heterocycles. The van der Waals surface area contributed by atoms with Gasteiger partial charge in [-0.25, -0.2) is 0 Å². The van der Waals surface area contributed by atoms with Crippen LogP contribution in [0.2, 0.25) is 0 Å². The lowest BCUT2D eigenvalue weighted by Crippen LogP contribution is -2.46. The van der Waals surface area contributed by atoms with E-state index in [1.54, 1.807) is 0 Å². The smallest absolute Gasteiger partial charge is 0.144 e. The SMILES string of the molecule is C[N+]1(C(Br)CCCCCCCCCCCCC(Br)[N+]2(C)CCCC2)CCCC1. The molecule has 4 heteroatoms. The van der Waals surface area contributed by atoms with E-state index in [1.807, 2.05) is 0 Å². The number of nitrogens with zero attached hydrogens (tertiary/aromatic N) is 2. The number of unbranched alkanes of at least 4 members (excludes halogenated alkanes) is 9. The molecule has 2 rings (SSSR count). The fourth-order valence-electron chi connectivity index (χ4n) is 5.34. The first-order valence-electron chi connectivity index (χ1n) is 12.4. The second-order valence-corrected chi connectivity index (χ2v) is 12.4. The molecule has 2 atom stereocenters. The average Bonchev–Trinajstić information content (AvgIpc) is 3.32. The Hall–Kier alpha value is 0.880. The number of hydrogen-bond donors (Lipinski definition) is 0. The van der Waals surface area contributed by atoms with E-state index in [-0.39, 0.29) is 0 Å². The van der Waals surface area contributed by atoms with E-state index in [0.29, 0.717) is 9.90 Å². The minimum atomic E-state index is 0.698. The highest BCUT2D eigenvalue weighted by Gasteiger charge is 2.34. The second kappa shape index (κ2) is 13.3. The van der Waals surface area contributed by atoms with E-state index in [0.717, 1.165) is 0 Å². The van der Waals surface area contributed by atoms with Crippen molar-refractivity contribution in [2.75, 3.05) is 40.3 Å². The van der Waals surface area contributed by atoms with E-state index < -0.39 is 0 Å². The highest BCUT2D eigenvalue weighted by Crippen LogP contribution is 2.29. The first-order valence-corrected chi connectivity index (χ1v) is 14.3. The Bertz CT molecular complexity index is 365. The summed E-state index contributed by atoms with van der Waals surface area (Å²) in [6, 6.07) is 0. The van der Waals surface area contributed by atoms with Crippen molar-refractivity contribution in [1.29, 1.82) is 0 Å². The van der Waals surface area contributed by atoms with Gasteiger partial charge in [-0.3, -0.25) is 0 Å². The van der Waals surface area contributed by atoms with Crippen LogP contribution in [0.4, 0.5) is 0 Å². The largest absolute Gasteiger partial charge is 0.315 e. The lowest BCUT2D eigenvalue weighted by atomic mass is 10.0. The van der Waals surface area contributed by atoms with Crippen molar-refractivity contribution in [3.8, 4) is 0 Å². The minimum Gasteiger partial charge on any atom is -0.315 e. The van der Waals surface area contributed by atoms with Crippen molar-refractivity contribution in [2.45, 2.75) is 113 Å². The van der Waals surface area contributed by atoms with Gasteiger partial charge in [-0.1, -0.05) is 51.4 Å². The number of alkyl halides is 2. The summed E-state index contributed by atoms with van der Waals surface area (Å²) < 4.78 is 2.54. The fourth-order valence-corrected chi connectivity index (χ4v) is 6.81. The molecule has 0 bridgehead atoms. The van der Waals surface area contributed by atoms with Crippen LogP contribution in [-0.2, 0) is 0 Å². The molecule has 0 spiro atoms. The molecule has 2 heterocycles. The van der Waals surface area contributed by atoms with Gasteiger partial charge >= 0.3 is 0 Å². The highest BCUT2D eigenvalue weighted by atomic mass is 79.9. The van der Waals surface area contributed by atoms with Crippen LogP contribution >= 0.6 is 31.9 Å². The Labute approximate surface area is 193 Å². The molecule has 28 heavy (non-hydrogen) atoms. The van der Waals surface area contributed by atoms with Gasteiger partial charge in [-0.2, -0.15) is 0 Å². The second-order valence-electron chi connectivity index (χ2n) is 10.2. The summed E-state index contributed by atoms with van der Waals surface area (Å²) in [6.45, 7) is 5.52. The third-order valence-electron chi connectivity index (χ3n) is 7.66. The van der Waals surface area contributed by atoms with E-state index in [1.165, 1.54) is 138 Å². The zero-order valence-electron chi connectivity index (χ0n) is 18.9. The van der Waals surface area contributed by atoms with Crippen LogP contribution in [0.1, 0.15) is 103 Å². The van der Waals surface area contributed by atoms with Crippen LogP contribution in [0.5, 0.6) is 0 Å². The predicted octanol–water partition coefficient (Wildman–Crippen LogP) is 7.59. The summed E-state index contributed by atoms with van der Waals surface area (Å²) >= 11 is 7.97. The fraction of sp³-hybridized carbons (Fsp3) is 1.00. The minimum absolute atomic E-state index is 0.698. The van der Waals surface area contributed by atoms with Crippen molar-refractivity contribution in [3.05, 3.63) is 0 Å². The van der Waals surface area contributed by atoms with Gasteiger partial charge < -0.3 is 8.97 Å². The molecule has 2 saturated heterocycles. The number of halogens is 2. The number of hydrogen-bond acceptors (Lipinski definition) is 0. The van der Waals surface area contributed by atoms with E-state index in [2.05, 4.69) is 46.0 Å². The molecule has 2 unspecified atom stereocenters. The van der Waals surface area contributed by atoms with Crippen LogP contribution in [0.25, 0.3) is 0 Å². The van der Waals surface area contributed by atoms with Gasteiger partial charge in [0.05, 0.1) is 40.3 Å². The first kappa shape index (κ1) is 25.1. The van der Waals surface area contributed by atoms with E-state index in [4.69, 9.17) is 0 Å². The van der Waals surface area contributed by atoms with Gasteiger partial charge in [-0.15, -0.1) is 0 Å². The molecule has 2 nitrogen and oxygen atoms in total. The number of likely N-dealkylation sites (tertiary alicyclic amines) is 2. The molecule has 2 aliphatic heterocycles. The summed E-state index contributed by atoms with van der Waals surface area (Å²) in [6.07, 6.45) is 22.9. The molecule has 0 aromatic carbocycles. The molecule has 0 radical (unpaired) electrons. The highest BCUT2D eigenvalue weighted by molar-refractivity contribution is 9.09. The maximum Gasteiger partial charge on any atom is 0.144 e. The number of quaternary nitrogens is 2. The van der Waals surface area contributed by atoms with Crippen LogP contribution in [-0.4, -0.2) is 59.1 Å². The summed E-state index contributed by atoms with van der Waals surface area (Å²) in [5.74, 6) is 0. The van der Waals surface area contributed by atoms with Gasteiger partial charge in [0.1, 0.15) is 9.90 Å². The van der Waals surface area contributed by atoms with Crippen LogP contribution in [0.3, 0.4) is 0 Å². The lowest BCUT2D eigenvalue weighted by Gasteiger charge is -2.34. The Balaban J connectivity index is 1.33. The van der Waals surface area contributed by atoms with E-state index >= 15 is 0 Å². The Morgan fingerprint density at radius 3 is 1.04 bits per heavy atom. The zero-order chi connectivity index (χ0) is 20.3. The van der Waals surface area contributed by atoms with Crippen molar-refractivity contribution in [2.24, 2.45) is 0 Å². The third kappa shape index (κ3) is 8.55. The van der Waals surface area contributed by atoms with Gasteiger partial charge in [0.15, 0.2) is 0 Å². The molecule has 0 saturated carbocycles. The first-order chi connectivity index (χ1) is 13.5. The van der Waals surface area contributed by atoms with Crippen molar-refractivity contribution >= 4 is 31.9 Å². The van der Waals surface area contributed by atoms with Crippen LogP contribution in [0.15, 0.2) is 0 Å². The van der Waals surface area contributed by atoms with Crippen molar-refractivity contribution in [1.82, 2.24) is 0 Å². The van der Waals surface area contributed by atoms with Gasteiger partial charge in [0.25, 0.3) is 0 Å². The molecular formula is C24H48Br2N2+2. The van der Waals surface area contributed by atoms with Crippen LogP contribution in [0, 0.1) is 0 Å². The van der Waals surface area contributed by atoms with Crippen molar-refractivity contribution < 1.29 is 8.97 Å². The van der Waals surface area contributed by atoms with Gasteiger partial charge in [0.2, 0.25) is 0 Å². The predicted molar refractivity (Wildman–Crippen MR) is 131 cm³/mol. The molecule has 0 aromatic rings. The van der Waals surface area contributed by atoms with Gasteiger partial charge in [0, 0.05) is 38.5 Å².